The Balaban J connectivity index is 2.89. The molecule has 37 heavy (non-hydrogen) atoms. The van der Waals surface area contributed by atoms with Crippen LogP contribution in [0.4, 0.5) is 0 Å². The molecule has 1 saturated heterocycles. The number of ketones is 1. The lowest BCUT2D eigenvalue weighted by Crippen LogP contribution is -2.50. The van der Waals surface area contributed by atoms with E-state index in [1.807, 2.05) is 0 Å². The van der Waals surface area contributed by atoms with Crippen LogP contribution in [0.1, 0.15) is 19.3 Å². The highest BCUT2D eigenvalue weighted by atomic mass is 16.4. The minimum atomic E-state index is -1.12. The van der Waals surface area contributed by atoms with Crippen molar-refractivity contribution in [3.8, 4) is 0 Å². The first-order valence-corrected chi connectivity index (χ1v) is 12.2. The molecule has 1 heterocycles. The highest BCUT2D eigenvalue weighted by Crippen LogP contribution is 2.06. The second-order valence-electron chi connectivity index (χ2n) is 9.23. The fraction of sp³-hybridized carbons (Fsp3) is 0.773. The lowest BCUT2D eigenvalue weighted by atomic mass is 10.0. The summed E-state index contributed by atoms with van der Waals surface area (Å²) in [6, 6.07) is -1.85. The maximum absolute atomic E-state index is 12.8. The number of hydrogen-bond acceptors (Lipinski definition) is 11. The van der Waals surface area contributed by atoms with Gasteiger partial charge in [0.15, 0.2) is 5.78 Å². The maximum atomic E-state index is 12.8. The number of rotatable bonds is 14. The standard InChI is InChI=1S/C22H40N6O9/c23-16(2-1-3-17(24)22(36)37)18(29)12-25-4-6-26(13-19(30)31)8-10-28(15-21(34)35)11-9-27(7-5-25)14-20(32)33/h16-17H,1-15,23-24H2,(H,30,31)(H,32,33)(H,34,35)(H,36,37)/t16?,17-/m0/s1. The van der Waals surface area contributed by atoms with Crippen molar-refractivity contribution in [3.63, 3.8) is 0 Å². The Morgan fingerprint density at radius 1 is 0.541 bits per heavy atom. The molecule has 1 aliphatic rings. The number of Topliss-reactive ketones (excluding diaryl/α,β-unsaturated/α-hetero) is 1. The molecular weight excluding hydrogens is 492 g/mol. The van der Waals surface area contributed by atoms with Gasteiger partial charge in [-0.3, -0.25) is 43.6 Å². The van der Waals surface area contributed by atoms with Gasteiger partial charge in [-0.1, -0.05) is 0 Å². The maximum Gasteiger partial charge on any atom is 0.320 e. The van der Waals surface area contributed by atoms with Crippen LogP contribution in [-0.2, 0) is 24.0 Å². The van der Waals surface area contributed by atoms with Gasteiger partial charge in [0.1, 0.15) is 6.04 Å². The third-order valence-electron chi connectivity index (χ3n) is 6.15. The van der Waals surface area contributed by atoms with E-state index in [0.29, 0.717) is 32.6 Å². The minimum absolute atomic E-state index is 0.0287. The second-order valence-corrected chi connectivity index (χ2v) is 9.23. The largest absolute Gasteiger partial charge is 0.480 e. The molecule has 1 rings (SSSR count). The third kappa shape index (κ3) is 14.6. The molecule has 8 N–H and O–H groups in total. The number of carboxylic acids is 4. The van der Waals surface area contributed by atoms with Crippen molar-refractivity contribution < 1.29 is 44.4 Å². The predicted octanol–water partition coefficient (Wildman–Crippen LogP) is -3.06. The molecular formula is C22H40N6O9. The first-order valence-electron chi connectivity index (χ1n) is 12.2. The van der Waals surface area contributed by atoms with Crippen LogP contribution in [0.2, 0.25) is 0 Å². The van der Waals surface area contributed by atoms with Gasteiger partial charge < -0.3 is 31.9 Å². The lowest BCUT2D eigenvalue weighted by Gasteiger charge is -2.33. The summed E-state index contributed by atoms with van der Waals surface area (Å²) >= 11 is 0. The monoisotopic (exact) mass is 532 g/mol. The van der Waals surface area contributed by atoms with E-state index in [0.717, 1.165) is 0 Å². The van der Waals surface area contributed by atoms with Gasteiger partial charge in [0.25, 0.3) is 0 Å². The van der Waals surface area contributed by atoms with Gasteiger partial charge in [-0.2, -0.15) is 0 Å². The predicted molar refractivity (Wildman–Crippen MR) is 131 cm³/mol. The highest BCUT2D eigenvalue weighted by molar-refractivity contribution is 5.85. The number of carbonyl (C=O) groups excluding carboxylic acids is 1. The van der Waals surface area contributed by atoms with E-state index in [9.17, 15) is 39.3 Å². The molecule has 0 aliphatic carbocycles. The van der Waals surface area contributed by atoms with Crippen molar-refractivity contribution in [2.24, 2.45) is 11.5 Å². The fourth-order valence-electron chi connectivity index (χ4n) is 3.96. The molecule has 1 aliphatic heterocycles. The molecule has 15 nitrogen and oxygen atoms in total. The molecule has 0 bridgehead atoms. The molecule has 1 unspecified atom stereocenters. The van der Waals surface area contributed by atoms with E-state index < -0.39 is 36.0 Å². The number of aliphatic carboxylic acids is 4. The van der Waals surface area contributed by atoms with Gasteiger partial charge in [-0.15, -0.1) is 0 Å². The van der Waals surface area contributed by atoms with Gasteiger partial charge in [0, 0.05) is 52.4 Å². The highest BCUT2D eigenvalue weighted by Gasteiger charge is 2.23. The lowest BCUT2D eigenvalue weighted by molar-refractivity contribution is -0.140. The fourth-order valence-corrected chi connectivity index (χ4v) is 3.96. The summed E-state index contributed by atoms with van der Waals surface area (Å²) in [7, 11) is 0. The van der Waals surface area contributed by atoms with E-state index in [-0.39, 0.29) is 71.0 Å². The van der Waals surface area contributed by atoms with Crippen LogP contribution in [-0.4, -0.2) is 160 Å². The smallest absolute Gasteiger partial charge is 0.320 e. The first kappa shape index (κ1) is 32.3. The summed E-state index contributed by atoms with van der Waals surface area (Å²) in [4.78, 5) is 64.3. The molecule has 0 aromatic carbocycles. The van der Waals surface area contributed by atoms with Crippen molar-refractivity contribution in [1.29, 1.82) is 0 Å². The zero-order chi connectivity index (χ0) is 28.0. The molecule has 0 radical (unpaired) electrons. The molecule has 0 aromatic rings. The number of carbonyl (C=O) groups is 5. The van der Waals surface area contributed by atoms with Crippen molar-refractivity contribution >= 4 is 29.7 Å². The summed E-state index contributed by atoms with van der Waals surface area (Å²) in [5, 5.41) is 36.6. The molecule has 15 heteroatoms. The minimum Gasteiger partial charge on any atom is -0.480 e. The zero-order valence-electron chi connectivity index (χ0n) is 21.0. The van der Waals surface area contributed by atoms with E-state index >= 15 is 0 Å². The van der Waals surface area contributed by atoms with Gasteiger partial charge in [0.2, 0.25) is 0 Å². The number of nitrogens with zero attached hydrogens (tertiary/aromatic N) is 4. The van der Waals surface area contributed by atoms with Gasteiger partial charge in [0.05, 0.1) is 32.2 Å². The Hall–Kier alpha value is -2.69. The number of hydrogen-bond donors (Lipinski definition) is 6. The van der Waals surface area contributed by atoms with Crippen molar-refractivity contribution in [1.82, 2.24) is 19.6 Å². The molecule has 0 saturated carbocycles. The Kier molecular flexibility index (Phi) is 14.8. The van der Waals surface area contributed by atoms with E-state index in [2.05, 4.69) is 0 Å². The topological polar surface area (TPSA) is 231 Å². The Morgan fingerprint density at radius 3 is 1.14 bits per heavy atom. The Labute approximate surface area is 215 Å². The van der Waals surface area contributed by atoms with Gasteiger partial charge >= 0.3 is 23.9 Å². The summed E-state index contributed by atoms with van der Waals surface area (Å²) in [6.07, 6.45) is 0.822. The van der Waals surface area contributed by atoms with E-state index in [4.69, 9.17) is 16.6 Å². The van der Waals surface area contributed by atoms with Crippen LogP contribution in [0.15, 0.2) is 0 Å². The van der Waals surface area contributed by atoms with Crippen LogP contribution in [0, 0.1) is 0 Å². The first-order chi connectivity index (χ1) is 17.4. The zero-order valence-corrected chi connectivity index (χ0v) is 21.0. The Bertz CT molecular complexity index is 752. The molecule has 0 amide bonds. The van der Waals surface area contributed by atoms with Crippen molar-refractivity contribution in [2.75, 3.05) is 78.5 Å². The normalized spacial score (nSPS) is 19.3. The third-order valence-corrected chi connectivity index (χ3v) is 6.15. The molecule has 0 spiro atoms. The average molecular weight is 533 g/mol. The average Bonchev–Trinajstić information content (AvgIpc) is 2.79. The molecule has 0 aromatic heterocycles. The second kappa shape index (κ2) is 16.9. The van der Waals surface area contributed by atoms with Gasteiger partial charge in [-0.25, -0.2) is 0 Å². The summed E-state index contributed by atoms with van der Waals surface area (Å²) < 4.78 is 0. The summed E-state index contributed by atoms with van der Waals surface area (Å²) in [5.41, 5.74) is 11.5. The van der Waals surface area contributed by atoms with Crippen molar-refractivity contribution in [2.45, 2.75) is 31.3 Å². The van der Waals surface area contributed by atoms with Crippen molar-refractivity contribution in [3.05, 3.63) is 0 Å². The molecule has 1 fully saturated rings. The number of nitrogens with two attached hydrogens (primary N) is 2. The quantitative estimate of drug-likeness (QED) is 0.130. The molecule has 212 valence electrons. The van der Waals surface area contributed by atoms with Crippen LogP contribution >= 0.6 is 0 Å². The van der Waals surface area contributed by atoms with Crippen LogP contribution in [0.3, 0.4) is 0 Å². The van der Waals surface area contributed by atoms with E-state index in [1.165, 1.54) is 0 Å². The number of carboxylic acid groups (broad SMARTS) is 4. The SMILES string of the molecule is NC(CCC[C@H](N)C(=O)O)C(=O)CN1CCN(CC(=O)O)CCN(CC(=O)O)CCN(CC(=O)O)CC1. The van der Waals surface area contributed by atoms with Crippen LogP contribution in [0.25, 0.3) is 0 Å². The molecule has 2 atom stereocenters. The van der Waals surface area contributed by atoms with Gasteiger partial charge in [-0.05, 0) is 19.3 Å². The van der Waals surface area contributed by atoms with E-state index in [1.54, 1.807) is 19.6 Å². The Morgan fingerprint density at radius 2 is 0.838 bits per heavy atom. The van der Waals surface area contributed by atoms with Crippen LogP contribution < -0.4 is 11.5 Å². The summed E-state index contributed by atoms with van der Waals surface area (Å²) in [6.45, 7) is 1.55. The van der Waals surface area contributed by atoms with Crippen LogP contribution in [0.5, 0.6) is 0 Å². The summed E-state index contributed by atoms with van der Waals surface area (Å²) in [5.74, 6) is -4.49.